The van der Waals surface area contributed by atoms with E-state index in [1.165, 1.54) is 6.42 Å². The molecule has 0 bridgehead atoms. The van der Waals surface area contributed by atoms with Gasteiger partial charge in [0.15, 0.2) is 0 Å². The van der Waals surface area contributed by atoms with Crippen LogP contribution in [0.15, 0.2) is 0 Å². The number of ether oxygens (including phenoxy) is 1. The number of nitrogens with two attached hydrogens (primary N) is 1. The molecule has 0 aromatic carbocycles. The van der Waals surface area contributed by atoms with E-state index in [1.807, 2.05) is 6.92 Å². The molecular formula is C6H13NO. The summed E-state index contributed by atoms with van der Waals surface area (Å²) in [5.41, 5.74) is 5.57. The molecular weight excluding hydrogens is 102 g/mol. The fourth-order valence-corrected chi connectivity index (χ4v) is 1.02. The van der Waals surface area contributed by atoms with Crippen LogP contribution in [0.1, 0.15) is 19.8 Å². The lowest BCUT2D eigenvalue weighted by molar-refractivity contribution is 0.0947. The van der Waals surface area contributed by atoms with Crippen LogP contribution >= 0.6 is 0 Å². The van der Waals surface area contributed by atoms with E-state index in [-0.39, 0.29) is 6.04 Å². The van der Waals surface area contributed by atoms with Gasteiger partial charge in [-0.05, 0) is 19.8 Å². The molecule has 0 unspecified atom stereocenters. The Morgan fingerprint density at radius 1 is 1.75 bits per heavy atom. The van der Waals surface area contributed by atoms with Gasteiger partial charge in [-0.15, -0.1) is 0 Å². The fraction of sp³-hybridized carbons (Fsp3) is 1.00. The van der Waals surface area contributed by atoms with Crippen molar-refractivity contribution in [3.8, 4) is 0 Å². The van der Waals surface area contributed by atoms with Crippen molar-refractivity contribution < 1.29 is 4.74 Å². The maximum Gasteiger partial charge on any atom is 0.0724 e. The van der Waals surface area contributed by atoms with Crippen LogP contribution < -0.4 is 5.73 Å². The van der Waals surface area contributed by atoms with E-state index in [4.69, 9.17) is 10.5 Å². The highest BCUT2D eigenvalue weighted by Crippen LogP contribution is 2.13. The van der Waals surface area contributed by atoms with Gasteiger partial charge in [-0.2, -0.15) is 0 Å². The Bertz CT molecular complexity index is 66.9. The molecule has 1 heterocycles. The lowest BCUT2D eigenvalue weighted by Crippen LogP contribution is -2.30. The van der Waals surface area contributed by atoms with Gasteiger partial charge in [-0.3, -0.25) is 0 Å². The standard InChI is InChI=1S/C6H13NO/c1-5(7)6-3-2-4-8-6/h5-6H,2-4,7H2,1H3/t5-,6-/m1/s1. The van der Waals surface area contributed by atoms with E-state index < -0.39 is 0 Å². The van der Waals surface area contributed by atoms with E-state index in [2.05, 4.69) is 0 Å². The largest absolute Gasteiger partial charge is 0.377 e. The molecule has 1 rings (SSSR count). The monoisotopic (exact) mass is 115 g/mol. The van der Waals surface area contributed by atoms with Crippen molar-refractivity contribution in [1.82, 2.24) is 0 Å². The second-order valence-corrected chi connectivity index (χ2v) is 2.41. The maximum atomic E-state index is 5.57. The van der Waals surface area contributed by atoms with Gasteiger partial charge in [0.1, 0.15) is 0 Å². The molecule has 0 aromatic heterocycles. The smallest absolute Gasteiger partial charge is 0.0724 e. The summed E-state index contributed by atoms with van der Waals surface area (Å²) in [5, 5.41) is 0. The van der Waals surface area contributed by atoms with Gasteiger partial charge in [-0.1, -0.05) is 0 Å². The molecule has 1 fully saturated rings. The highest BCUT2D eigenvalue weighted by molar-refractivity contribution is 4.72. The molecule has 1 aliphatic heterocycles. The Labute approximate surface area is 50.0 Å². The third-order valence-corrected chi connectivity index (χ3v) is 1.55. The van der Waals surface area contributed by atoms with Gasteiger partial charge >= 0.3 is 0 Å². The summed E-state index contributed by atoms with van der Waals surface area (Å²) in [6.07, 6.45) is 2.68. The Balaban J connectivity index is 2.24. The first-order valence-electron chi connectivity index (χ1n) is 3.18. The molecule has 0 aromatic rings. The highest BCUT2D eigenvalue weighted by Gasteiger charge is 2.18. The van der Waals surface area contributed by atoms with Crippen LogP contribution in [0.25, 0.3) is 0 Å². The first-order valence-corrected chi connectivity index (χ1v) is 3.18. The molecule has 2 nitrogen and oxygen atoms in total. The minimum Gasteiger partial charge on any atom is -0.377 e. The average molecular weight is 115 g/mol. The summed E-state index contributed by atoms with van der Waals surface area (Å²) < 4.78 is 5.29. The van der Waals surface area contributed by atoms with E-state index in [0.29, 0.717) is 6.10 Å². The van der Waals surface area contributed by atoms with Crippen LogP contribution in [0, 0.1) is 0 Å². The Morgan fingerprint density at radius 2 is 2.50 bits per heavy atom. The van der Waals surface area contributed by atoms with Gasteiger partial charge in [0.05, 0.1) is 6.10 Å². The summed E-state index contributed by atoms with van der Waals surface area (Å²) in [4.78, 5) is 0. The predicted octanol–water partition coefficient (Wildman–Crippen LogP) is 0.513. The maximum absolute atomic E-state index is 5.57. The van der Waals surface area contributed by atoms with Crippen LogP contribution in [-0.2, 0) is 4.74 Å². The summed E-state index contributed by atoms with van der Waals surface area (Å²) in [6, 6.07) is 0.220. The van der Waals surface area contributed by atoms with Gasteiger partial charge < -0.3 is 10.5 Å². The van der Waals surface area contributed by atoms with Crippen molar-refractivity contribution in [3.63, 3.8) is 0 Å². The Morgan fingerprint density at radius 3 is 2.75 bits per heavy atom. The first kappa shape index (κ1) is 6.05. The topological polar surface area (TPSA) is 35.2 Å². The van der Waals surface area contributed by atoms with Crippen LogP contribution in [0.4, 0.5) is 0 Å². The van der Waals surface area contributed by atoms with Crippen LogP contribution in [0.5, 0.6) is 0 Å². The lowest BCUT2D eigenvalue weighted by atomic mass is 10.1. The molecule has 1 aliphatic rings. The average Bonchev–Trinajstić information content (AvgIpc) is 2.12. The van der Waals surface area contributed by atoms with E-state index in [0.717, 1.165) is 13.0 Å². The zero-order valence-electron chi connectivity index (χ0n) is 5.26. The Kier molecular flexibility index (Phi) is 1.86. The molecule has 0 radical (unpaired) electrons. The molecule has 0 saturated carbocycles. The van der Waals surface area contributed by atoms with Crippen LogP contribution in [0.3, 0.4) is 0 Å². The van der Waals surface area contributed by atoms with Crippen molar-refractivity contribution in [2.45, 2.75) is 31.9 Å². The minimum atomic E-state index is 0.220. The molecule has 2 N–H and O–H groups in total. The molecule has 8 heavy (non-hydrogen) atoms. The van der Waals surface area contributed by atoms with E-state index in [1.54, 1.807) is 0 Å². The summed E-state index contributed by atoms with van der Waals surface area (Å²) in [6.45, 7) is 2.90. The summed E-state index contributed by atoms with van der Waals surface area (Å²) in [5.74, 6) is 0. The molecule has 0 spiro atoms. The minimum absolute atomic E-state index is 0.220. The van der Waals surface area contributed by atoms with Crippen molar-refractivity contribution in [3.05, 3.63) is 0 Å². The van der Waals surface area contributed by atoms with Gasteiger partial charge in [-0.25, -0.2) is 0 Å². The SMILES string of the molecule is C[C@@H](N)[C@H]1CCCO1. The zero-order valence-corrected chi connectivity index (χ0v) is 5.26. The number of rotatable bonds is 1. The molecule has 48 valence electrons. The fourth-order valence-electron chi connectivity index (χ4n) is 1.02. The molecule has 0 amide bonds. The lowest BCUT2D eigenvalue weighted by Gasteiger charge is -2.11. The molecule has 1 saturated heterocycles. The predicted molar refractivity (Wildman–Crippen MR) is 32.6 cm³/mol. The van der Waals surface area contributed by atoms with Gasteiger partial charge in [0.2, 0.25) is 0 Å². The third-order valence-electron chi connectivity index (χ3n) is 1.55. The van der Waals surface area contributed by atoms with E-state index >= 15 is 0 Å². The first-order chi connectivity index (χ1) is 3.80. The normalized spacial score (nSPS) is 33.0. The number of hydrogen-bond donors (Lipinski definition) is 1. The van der Waals surface area contributed by atoms with Crippen molar-refractivity contribution in [1.29, 1.82) is 0 Å². The quantitative estimate of drug-likeness (QED) is 0.540. The van der Waals surface area contributed by atoms with Gasteiger partial charge in [0, 0.05) is 12.6 Å². The summed E-state index contributed by atoms with van der Waals surface area (Å²) in [7, 11) is 0. The van der Waals surface area contributed by atoms with E-state index in [9.17, 15) is 0 Å². The second-order valence-electron chi connectivity index (χ2n) is 2.41. The second kappa shape index (κ2) is 2.46. The van der Waals surface area contributed by atoms with Crippen molar-refractivity contribution in [2.24, 2.45) is 5.73 Å². The molecule has 2 heteroatoms. The molecule has 0 aliphatic carbocycles. The van der Waals surface area contributed by atoms with Crippen LogP contribution in [0.2, 0.25) is 0 Å². The molecule has 2 atom stereocenters. The van der Waals surface area contributed by atoms with Gasteiger partial charge in [0.25, 0.3) is 0 Å². The van der Waals surface area contributed by atoms with Crippen molar-refractivity contribution >= 4 is 0 Å². The highest BCUT2D eigenvalue weighted by atomic mass is 16.5. The third kappa shape index (κ3) is 1.20. The summed E-state index contributed by atoms with van der Waals surface area (Å²) >= 11 is 0. The van der Waals surface area contributed by atoms with Crippen LogP contribution in [-0.4, -0.2) is 18.8 Å². The number of hydrogen-bond acceptors (Lipinski definition) is 2. The van der Waals surface area contributed by atoms with Crippen molar-refractivity contribution in [2.75, 3.05) is 6.61 Å². The Hall–Kier alpha value is -0.0800. The zero-order chi connectivity index (χ0) is 5.98.